The normalized spacial score (nSPS) is 10.9. The van der Waals surface area contributed by atoms with Gasteiger partial charge >= 0.3 is 0 Å². The molecule has 0 aliphatic carbocycles. The van der Waals surface area contributed by atoms with Crippen LogP contribution < -0.4 is 18.9 Å². The van der Waals surface area contributed by atoms with Crippen molar-refractivity contribution in [3.8, 4) is 34.3 Å². The molecule has 4 rings (SSSR count). The molecule has 0 saturated carbocycles. The first-order chi connectivity index (χ1) is 14.1. The zero-order valence-electron chi connectivity index (χ0n) is 17.2. The minimum atomic E-state index is 0.657. The maximum absolute atomic E-state index is 5.55. The van der Waals surface area contributed by atoms with Crippen LogP contribution in [0.5, 0.6) is 23.0 Å². The number of nitrogens with zero attached hydrogens (tertiary/aromatic N) is 1. The number of hydrogen-bond acceptors (Lipinski definition) is 5. The molecule has 1 heterocycles. The van der Waals surface area contributed by atoms with Gasteiger partial charge in [-0.05, 0) is 54.8 Å². The lowest BCUT2D eigenvalue weighted by Gasteiger charge is -2.15. The first kappa shape index (κ1) is 18.9. The van der Waals surface area contributed by atoms with Crippen molar-refractivity contribution in [3.63, 3.8) is 0 Å². The molecule has 0 aliphatic heterocycles. The molecule has 0 fully saturated rings. The monoisotopic (exact) mass is 389 g/mol. The molecule has 1 aromatic heterocycles. The second kappa shape index (κ2) is 7.51. The lowest BCUT2D eigenvalue weighted by Crippen LogP contribution is -1.96. The van der Waals surface area contributed by atoms with Crippen molar-refractivity contribution in [2.45, 2.75) is 6.92 Å². The van der Waals surface area contributed by atoms with Crippen LogP contribution in [0.3, 0.4) is 0 Å². The van der Waals surface area contributed by atoms with Gasteiger partial charge in [-0.2, -0.15) is 0 Å². The molecule has 29 heavy (non-hydrogen) atoms. The first-order valence-corrected chi connectivity index (χ1v) is 9.28. The van der Waals surface area contributed by atoms with Gasteiger partial charge in [-0.15, -0.1) is 0 Å². The third kappa shape index (κ3) is 3.18. The van der Waals surface area contributed by atoms with Crippen LogP contribution in [-0.4, -0.2) is 33.4 Å². The van der Waals surface area contributed by atoms with Crippen LogP contribution in [0.1, 0.15) is 5.56 Å². The molecule has 0 radical (unpaired) electrons. The highest BCUT2D eigenvalue weighted by Crippen LogP contribution is 2.41. The number of rotatable bonds is 5. The zero-order chi connectivity index (χ0) is 20.5. The van der Waals surface area contributed by atoms with E-state index in [0.717, 1.165) is 32.9 Å². The number of benzene rings is 3. The third-order valence-electron chi connectivity index (χ3n) is 5.11. The quantitative estimate of drug-likeness (QED) is 0.428. The Hall–Kier alpha value is -3.47. The van der Waals surface area contributed by atoms with Gasteiger partial charge in [-0.1, -0.05) is 11.6 Å². The van der Waals surface area contributed by atoms with E-state index < -0.39 is 0 Å². The number of methoxy groups -OCH3 is 4. The van der Waals surface area contributed by atoms with Crippen LogP contribution in [0.4, 0.5) is 0 Å². The van der Waals surface area contributed by atoms with E-state index in [0.29, 0.717) is 23.0 Å². The van der Waals surface area contributed by atoms with Gasteiger partial charge in [-0.25, -0.2) is 4.98 Å². The van der Waals surface area contributed by atoms with Gasteiger partial charge < -0.3 is 18.9 Å². The largest absolute Gasteiger partial charge is 0.493 e. The summed E-state index contributed by atoms with van der Waals surface area (Å²) in [4.78, 5) is 4.98. The Kier molecular flexibility index (Phi) is 4.89. The highest BCUT2D eigenvalue weighted by molar-refractivity contribution is 6.12. The Morgan fingerprint density at radius 1 is 0.586 bits per heavy atom. The maximum atomic E-state index is 5.55. The number of aryl methyl sites for hydroxylation is 1. The number of fused-ring (bicyclic) bond motifs is 3. The molecule has 0 amide bonds. The molecule has 5 heteroatoms. The van der Waals surface area contributed by atoms with Crippen LogP contribution >= 0.6 is 0 Å². The van der Waals surface area contributed by atoms with Crippen molar-refractivity contribution < 1.29 is 18.9 Å². The molecule has 0 N–H and O–H groups in total. The molecule has 0 saturated heterocycles. The predicted molar refractivity (Wildman–Crippen MR) is 116 cm³/mol. The fourth-order valence-electron chi connectivity index (χ4n) is 3.65. The second-order valence-corrected chi connectivity index (χ2v) is 6.80. The average molecular weight is 389 g/mol. The Balaban J connectivity index is 2.11. The molecule has 3 aromatic carbocycles. The van der Waals surface area contributed by atoms with Crippen LogP contribution in [0.15, 0.2) is 48.5 Å². The second-order valence-electron chi connectivity index (χ2n) is 6.80. The number of pyridine rings is 1. The van der Waals surface area contributed by atoms with Crippen LogP contribution in [0, 0.1) is 6.92 Å². The summed E-state index contributed by atoms with van der Waals surface area (Å²) < 4.78 is 22.0. The smallest absolute Gasteiger partial charge is 0.161 e. The van der Waals surface area contributed by atoms with E-state index >= 15 is 0 Å². The van der Waals surface area contributed by atoms with Gasteiger partial charge in [0.1, 0.15) is 0 Å². The Labute approximate surface area is 169 Å². The topological polar surface area (TPSA) is 49.8 Å². The van der Waals surface area contributed by atoms with E-state index in [1.165, 1.54) is 5.56 Å². The summed E-state index contributed by atoms with van der Waals surface area (Å²) in [5.41, 5.74) is 3.87. The van der Waals surface area contributed by atoms with Gasteiger partial charge in [-0.3, -0.25) is 0 Å². The molecular formula is C24H23NO4. The van der Waals surface area contributed by atoms with Crippen molar-refractivity contribution in [2.24, 2.45) is 0 Å². The van der Waals surface area contributed by atoms with E-state index in [4.69, 9.17) is 23.9 Å². The van der Waals surface area contributed by atoms with Crippen molar-refractivity contribution in [1.29, 1.82) is 0 Å². The Morgan fingerprint density at radius 2 is 1.21 bits per heavy atom. The molecule has 0 bridgehead atoms. The lowest BCUT2D eigenvalue weighted by atomic mass is 9.98. The van der Waals surface area contributed by atoms with E-state index in [9.17, 15) is 0 Å². The minimum Gasteiger partial charge on any atom is -0.493 e. The molecular weight excluding hydrogens is 366 g/mol. The number of hydrogen-bond donors (Lipinski definition) is 0. The average Bonchev–Trinajstić information content (AvgIpc) is 2.77. The Morgan fingerprint density at radius 3 is 1.86 bits per heavy atom. The molecule has 0 unspecified atom stereocenters. The summed E-state index contributed by atoms with van der Waals surface area (Å²) in [7, 11) is 6.54. The zero-order valence-corrected chi connectivity index (χ0v) is 17.2. The molecule has 0 spiro atoms. The van der Waals surface area contributed by atoms with E-state index in [2.05, 4.69) is 19.1 Å². The van der Waals surface area contributed by atoms with Gasteiger partial charge in [0.25, 0.3) is 0 Å². The Bertz CT molecular complexity index is 1220. The van der Waals surface area contributed by atoms with E-state index in [1.54, 1.807) is 28.4 Å². The summed E-state index contributed by atoms with van der Waals surface area (Å²) in [6.07, 6.45) is 0. The predicted octanol–water partition coefficient (Wildman–Crippen LogP) is 5.40. The molecule has 5 nitrogen and oxygen atoms in total. The summed E-state index contributed by atoms with van der Waals surface area (Å²) in [5, 5.41) is 3.11. The van der Waals surface area contributed by atoms with E-state index in [1.807, 2.05) is 36.4 Å². The third-order valence-corrected chi connectivity index (χ3v) is 5.11. The molecule has 4 aromatic rings. The van der Waals surface area contributed by atoms with Gasteiger partial charge in [0, 0.05) is 16.3 Å². The fourth-order valence-corrected chi connectivity index (χ4v) is 3.65. The van der Waals surface area contributed by atoms with Crippen LogP contribution in [0.25, 0.3) is 32.9 Å². The van der Waals surface area contributed by atoms with Gasteiger partial charge in [0.2, 0.25) is 0 Å². The lowest BCUT2D eigenvalue weighted by molar-refractivity contribution is 0.355. The van der Waals surface area contributed by atoms with E-state index in [-0.39, 0.29) is 0 Å². The molecule has 0 atom stereocenters. The number of aromatic nitrogens is 1. The van der Waals surface area contributed by atoms with Crippen molar-refractivity contribution >= 4 is 21.7 Å². The SMILES string of the molecule is COc1ccc(-c2nc3ccc(C)cc3c3cc(OC)c(OC)cc23)cc1OC. The first-order valence-electron chi connectivity index (χ1n) is 9.28. The molecule has 148 valence electrons. The van der Waals surface area contributed by atoms with Crippen molar-refractivity contribution in [2.75, 3.05) is 28.4 Å². The maximum Gasteiger partial charge on any atom is 0.161 e. The van der Waals surface area contributed by atoms with Crippen molar-refractivity contribution in [1.82, 2.24) is 4.98 Å². The standard InChI is InChI=1S/C24H23NO4/c1-14-6-8-19-17(10-14)16-12-22(28-4)23(29-5)13-18(16)24(25-19)15-7-9-20(26-2)21(11-15)27-3/h6-13H,1-5H3. The van der Waals surface area contributed by atoms with Crippen molar-refractivity contribution in [3.05, 3.63) is 54.1 Å². The summed E-state index contributed by atoms with van der Waals surface area (Å²) in [5.74, 6) is 2.68. The highest BCUT2D eigenvalue weighted by Gasteiger charge is 2.16. The van der Waals surface area contributed by atoms with Crippen LogP contribution in [-0.2, 0) is 0 Å². The summed E-state index contributed by atoms with van der Waals surface area (Å²) >= 11 is 0. The minimum absolute atomic E-state index is 0.657. The summed E-state index contributed by atoms with van der Waals surface area (Å²) in [6.45, 7) is 2.08. The number of ether oxygens (including phenoxy) is 4. The fraction of sp³-hybridized carbons (Fsp3) is 0.208. The van der Waals surface area contributed by atoms with Crippen LogP contribution in [0.2, 0.25) is 0 Å². The summed E-state index contributed by atoms with van der Waals surface area (Å²) in [6, 6.07) is 16.1. The highest BCUT2D eigenvalue weighted by atomic mass is 16.5. The van der Waals surface area contributed by atoms with Gasteiger partial charge in [0.05, 0.1) is 39.6 Å². The molecule has 0 aliphatic rings. The van der Waals surface area contributed by atoms with Gasteiger partial charge in [0.15, 0.2) is 23.0 Å².